The molecule has 0 aliphatic heterocycles. The van der Waals surface area contributed by atoms with E-state index in [9.17, 15) is 18.0 Å². The van der Waals surface area contributed by atoms with Crippen molar-refractivity contribution in [3.05, 3.63) is 48.5 Å². The number of nitrogens with zero attached hydrogens (tertiary/aromatic N) is 1. The first-order chi connectivity index (χ1) is 16.1. The predicted molar refractivity (Wildman–Crippen MR) is 128 cm³/mol. The van der Waals surface area contributed by atoms with Crippen LogP contribution < -0.4 is 20.1 Å². The van der Waals surface area contributed by atoms with Crippen molar-refractivity contribution < 1.29 is 31.7 Å². The van der Waals surface area contributed by atoms with E-state index in [1.165, 1.54) is 44.6 Å². The molecule has 0 heterocycles. The van der Waals surface area contributed by atoms with Crippen molar-refractivity contribution in [1.29, 1.82) is 0 Å². The van der Waals surface area contributed by atoms with Crippen molar-refractivity contribution in [3.63, 3.8) is 0 Å². The maximum absolute atomic E-state index is 12.6. The number of hydrogen-bond acceptors (Lipinski definition) is 7. The molecule has 34 heavy (non-hydrogen) atoms. The zero-order valence-corrected chi connectivity index (χ0v) is 20.1. The summed E-state index contributed by atoms with van der Waals surface area (Å²) in [7, 11) is -1.54. The number of rotatable bonds is 9. The van der Waals surface area contributed by atoms with E-state index in [0.29, 0.717) is 6.54 Å². The number of ether oxygens (including phenoxy) is 2. The lowest BCUT2D eigenvalue weighted by atomic mass is 10.2. The van der Waals surface area contributed by atoms with Gasteiger partial charge in [0.05, 0.1) is 18.5 Å². The summed E-state index contributed by atoms with van der Waals surface area (Å²) in [5, 5.41) is 8.50. The summed E-state index contributed by atoms with van der Waals surface area (Å²) in [6.07, 6.45) is -0.859. The van der Waals surface area contributed by atoms with E-state index in [2.05, 4.69) is 25.7 Å². The first-order valence-electron chi connectivity index (χ1n) is 10.2. The third-order valence-corrected chi connectivity index (χ3v) is 5.35. The van der Waals surface area contributed by atoms with Crippen LogP contribution in [0.3, 0.4) is 0 Å². The summed E-state index contributed by atoms with van der Waals surface area (Å²) in [4.78, 5) is 27.6. The Morgan fingerprint density at radius 1 is 1.00 bits per heavy atom. The minimum absolute atomic E-state index is 0.0199. The maximum atomic E-state index is 12.6. The van der Waals surface area contributed by atoms with Crippen molar-refractivity contribution in [2.75, 3.05) is 38.0 Å². The molecule has 11 nitrogen and oxygen atoms in total. The third-order valence-electron chi connectivity index (χ3n) is 4.09. The molecule has 0 fully saturated rings. The summed E-state index contributed by atoms with van der Waals surface area (Å²) in [6.45, 7) is 4.19. The number of anilines is 2. The molecule has 3 N–H and O–H groups in total. The van der Waals surface area contributed by atoms with Gasteiger partial charge in [-0.05, 0) is 30.2 Å². The quantitative estimate of drug-likeness (QED) is 0.273. The predicted octanol–water partition coefficient (Wildman–Crippen LogP) is 2.82. The molecule has 0 aromatic heterocycles. The van der Waals surface area contributed by atoms with E-state index >= 15 is 0 Å². The Hall–Kier alpha value is -3.64. The monoisotopic (exact) mass is 492 g/mol. The molecular formula is C22H28N4O7S. The fraction of sp³-hybridized carbons (Fsp3) is 0.318. The van der Waals surface area contributed by atoms with Crippen LogP contribution in [0.15, 0.2) is 58.4 Å². The minimum atomic E-state index is -4.10. The van der Waals surface area contributed by atoms with Gasteiger partial charge in [0.2, 0.25) is 11.9 Å². The molecule has 0 aliphatic rings. The lowest BCUT2D eigenvalue weighted by molar-refractivity contribution is -0.119. The number of methoxy groups -OCH3 is 2. The van der Waals surface area contributed by atoms with Gasteiger partial charge < -0.3 is 29.6 Å². The highest BCUT2D eigenvalue weighted by Gasteiger charge is 2.18. The van der Waals surface area contributed by atoms with Crippen LogP contribution in [0.25, 0.3) is 0 Å². The molecule has 0 saturated carbocycles. The topological polar surface area (TPSA) is 144 Å². The summed E-state index contributed by atoms with van der Waals surface area (Å²) < 4.78 is 39.9. The highest BCUT2D eigenvalue weighted by Crippen LogP contribution is 2.29. The van der Waals surface area contributed by atoms with Crippen LogP contribution in [0.4, 0.5) is 16.2 Å². The van der Waals surface area contributed by atoms with Gasteiger partial charge in [-0.25, -0.2) is 4.79 Å². The molecular weight excluding hydrogens is 464 g/mol. The first kappa shape index (κ1) is 26.6. The Morgan fingerprint density at radius 3 is 2.32 bits per heavy atom. The van der Waals surface area contributed by atoms with E-state index in [4.69, 9.17) is 8.92 Å². The Kier molecular flexibility index (Phi) is 9.83. The lowest BCUT2D eigenvalue weighted by Gasteiger charge is -2.18. The highest BCUT2D eigenvalue weighted by atomic mass is 32.2. The number of guanidine groups is 1. The van der Waals surface area contributed by atoms with Crippen LogP contribution in [0.2, 0.25) is 0 Å². The normalized spacial score (nSPS) is 11.6. The summed E-state index contributed by atoms with van der Waals surface area (Å²) in [5.41, 5.74) is 0.486. The fourth-order valence-electron chi connectivity index (χ4n) is 2.54. The maximum Gasteiger partial charge on any atom is 0.436 e. The second-order valence-electron chi connectivity index (χ2n) is 7.37. The van der Waals surface area contributed by atoms with Gasteiger partial charge in [-0.1, -0.05) is 32.0 Å². The second-order valence-corrected chi connectivity index (χ2v) is 8.92. The Labute approximate surface area is 198 Å². The molecule has 0 aliphatic carbocycles. The minimum Gasteiger partial charge on any atom is -0.451 e. The van der Waals surface area contributed by atoms with E-state index in [1.807, 2.05) is 13.8 Å². The highest BCUT2D eigenvalue weighted by molar-refractivity contribution is 7.87. The van der Waals surface area contributed by atoms with Gasteiger partial charge in [0.25, 0.3) is 0 Å². The molecule has 2 aromatic carbocycles. The molecule has 184 valence electrons. The number of hydrogen-bond donors (Lipinski definition) is 3. The standard InChI is InChI=1S/C22H28N4O7S/c1-15(2)13-23-21(26-22(28)32-4)25-19-12-16(10-11-18(19)24-20(27)14-31-3)33-34(29,30)17-8-6-5-7-9-17/h5-12,15H,13-14H2,1-4H3,(H,24,27)(H2,23,25,26,28). The Morgan fingerprint density at radius 2 is 1.71 bits per heavy atom. The molecule has 2 rings (SSSR count). The average Bonchev–Trinajstić information content (AvgIpc) is 2.79. The van der Waals surface area contributed by atoms with Crippen LogP contribution in [-0.4, -0.2) is 53.7 Å². The summed E-state index contributed by atoms with van der Waals surface area (Å²) in [5.74, 6) is -0.225. The van der Waals surface area contributed by atoms with E-state index in [-0.39, 0.29) is 40.5 Å². The van der Waals surface area contributed by atoms with Crippen molar-refractivity contribution >= 4 is 39.5 Å². The molecule has 12 heteroatoms. The fourth-order valence-corrected chi connectivity index (χ4v) is 3.49. The largest absolute Gasteiger partial charge is 0.451 e. The molecule has 2 aromatic rings. The molecule has 0 atom stereocenters. The van der Waals surface area contributed by atoms with Crippen molar-refractivity contribution in [2.24, 2.45) is 10.9 Å². The van der Waals surface area contributed by atoms with Crippen LogP contribution in [0.5, 0.6) is 5.75 Å². The van der Waals surface area contributed by atoms with Gasteiger partial charge in [0.15, 0.2) is 0 Å². The van der Waals surface area contributed by atoms with Crippen LogP contribution in [-0.2, 0) is 24.4 Å². The zero-order chi connectivity index (χ0) is 25.1. The number of aliphatic imine (C=N–C) groups is 1. The number of carbonyl (C=O) groups is 2. The number of nitrogens with one attached hydrogen (secondary N) is 3. The third kappa shape index (κ3) is 8.37. The molecule has 2 amide bonds. The lowest BCUT2D eigenvalue weighted by Crippen LogP contribution is -2.34. The number of amides is 2. The molecule has 0 bridgehead atoms. The van der Waals surface area contributed by atoms with E-state index in [0.717, 1.165) is 0 Å². The summed E-state index contributed by atoms with van der Waals surface area (Å²) in [6, 6.07) is 11.8. The van der Waals surface area contributed by atoms with Crippen LogP contribution in [0, 0.1) is 5.92 Å². The number of benzene rings is 2. The van der Waals surface area contributed by atoms with Crippen molar-refractivity contribution in [3.8, 4) is 5.75 Å². The SMILES string of the molecule is COCC(=O)Nc1ccc(OS(=O)(=O)c2ccccc2)cc1N/C(=N/C(=O)OC)NCC(C)C. The van der Waals surface area contributed by atoms with Gasteiger partial charge in [-0.3, -0.25) is 4.79 Å². The Balaban J connectivity index is 2.42. The van der Waals surface area contributed by atoms with Crippen molar-refractivity contribution in [1.82, 2.24) is 5.32 Å². The van der Waals surface area contributed by atoms with E-state index < -0.39 is 22.1 Å². The smallest absolute Gasteiger partial charge is 0.436 e. The average molecular weight is 493 g/mol. The van der Waals surface area contributed by atoms with Crippen LogP contribution in [0.1, 0.15) is 13.8 Å². The van der Waals surface area contributed by atoms with Gasteiger partial charge in [0, 0.05) is 19.7 Å². The van der Waals surface area contributed by atoms with E-state index in [1.54, 1.807) is 18.2 Å². The molecule has 0 spiro atoms. The van der Waals surface area contributed by atoms with Gasteiger partial charge in [-0.15, -0.1) is 4.99 Å². The number of carbonyl (C=O) groups excluding carboxylic acids is 2. The van der Waals surface area contributed by atoms with Crippen molar-refractivity contribution in [2.45, 2.75) is 18.7 Å². The molecule has 0 radical (unpaired) electrons. The second kappa shape index (κ2) is 12.6. The first-order valence-corrected chi connectivity index (χ1v) is 11.7. The van der Waals surface area contributed by atoms with Gasteiger partial charge >= 0.3 is 16.2 Å². The van der Waals surface area contributed by atoms with Crippen LogP contribution >= 0.6 is 0 Å². The van der Waals surface area contributed by atoms with Gasteiger partial charge in [0.1, 0.15) is 17.3 Å². The molecule has 0 unspecified atom stereocenters. The van der Waals surface area contributed by atoms with Gasteiger partial charge in [-0.2, -0.15) is 8.42 Å². The molecule has 0 saturated heterocycles. The zero-order valence-electron chi connectivity index (χ0n) is 19.3. The summed E-state index contributed by atoms with van der Waals surface area (Å²) >= 11 is 0. The Bertz CT molecular complexity index is 1120.